The van der Waals surface area contributed by atoms with Crippen molar-refractivity contribution in [3.63, 3.8) is 0 Å². The molecule has 0 spiro atoms. The van der Waals surface area contributed by atoms with Gasteiger partial charge in [0.25, 0.3) is 0 Å². The molecule has 3 nitrogen and oxygen atoms in total. The van der Waals surface area contributed by atoms with E-state index in [-0.39, 0.29) is 0 Å². The summed E-state index contributed by atoms with van der Waals surface area (Å²) in [6.07, 6.45) is 2.98. The van der Waals surface area contributed by atoms with Crippen LogP contribution in [0, 0.1) is 20.8 Å². The van der Waals surface area contributed by atoms with Crippen LogP contribution in [0.15, 0.2) is 90.0 Å². The standard InChI is InChI=1S/C28H29N3/c1-5-24-14-12-13-21(2)28(24)30-22(3)19-25(23(30)4)20-29-31(26-15-8-6-9-16-26)27-17-10-7-11-18-27/h6-20H,5H2,1-4H3/b29-20-. The quantitative estimate of drug-likeness (QED) is 0.246. The van der Waals surface area contributed by atoms with Crippen LogP contribution in [0.4, 0.5) is 11.4 Å². The molecule has 3 heteroatoms. The molecule has 0 atom stereocenters. The Morgan fingerprint density at radius 2 is 1.42 bits per heavy atom. The highest BCUT2D eigenvalue weighted by molar-refractivity contribution is 5.84. The molecule has 0 bridgehead atoms. The molecule has 0 saturated carbocycles. The van der Waals surface area contributed by atoms with Gasteiger partial charge in [-0.25, -0.2) is 5.01 Å². The lowest BCUT2D eigenvalue weighted by atomic mass is 10.1. The predicted molar refractivity (Wildman–Crippen MR) is 132 cm³/mol. The van der Waals surface area contributed by atoms with Crippen molar-refractivity contribution in [3.8, 4) is 5.69 Å². The molecule has 0 aliphatic rings. The number of para-hydroxylation sites is 3. The summed E-state index contributed by atoms with van der Waals surface area (Å²) in [4.78, 5) is 0. The molecule has 156 valence electrons. The molecule has 4 aromatic rings. The zero-order valence-corrected chi connectivity index (χ0v) is 18.7. The van der Waals surface area contributed by atoms with Gasteiger partial charge in [0, 0.05) is 17.0 Å². The Kier molecular flexibility index (Phi) is 6.03. The van der Waals surface area contributed by atoms with Crippen molar-refractivity contribution in [2.45, 2.75) is 34.1 Å². The summed E-state index contributed by atoms with van der Waals surface area (Å²) in [7, 11) is 0. The van der Waals surface area contributed by atoms with Crippen LogP contribution in [0.3, 0.4) is 0 Å². The number of rotatable bonds is 6. The van der Waals surface area contributed by atoms with Gasteiger partial charge in [0.05, 0.1) is 23.3 Å². The molecule has 0 unspecified atom stereocenters. The average Bonchev–Trinajstić information content (AvgIpc) is 3.08. The summed E-state index contributed by atoms with van der Waals surface area (Å²) in [5.74, 6) is 0. The number of benzene rings is 3. The summed E-state index contributed by atoms with van der Waals surface area (Å²) in [5, 5.41) is 6.89. The number of hydrogen-bond acceptors (Lipinski definition) is 2. The second kappa shape index (κ2) is 9.05. The van der Waals surface area contributed by atoms with E-state index in [0.717, 1.165) is 23.4 Å². The van der Waals surface area contributed by atoms with E-state index in [1.807, 2.05) is 47.6 Å². The largest absolute Gasteiger partial charge is 0.317 e. The summed E-state index contributed by atoms with van der Waals surface area (Å²) >= 11 is 0. The second-order valence-corrected chi connectivity index (χ2v) is 7.83. The van der Waals surface area contributed by atoms with Gasteiger partial charge in [-0.05, 0) is 68.7 Å². The molecule has 0 amide bonds. The van der Waals surface area contributed by atoms with Crippen molar-refractivity contribution in [2.24, 2.45) is 5.10 Å². The van der Waals surface area contributed by atoms with Gasteiger partial charge in [-0.2, -0.15) is 5.10 Å². The normalized spacial score (nSPS) is 11.2. The summed E-state index contributed by atoms with van der Waals surface area (Å²) in [6, 6.07) is 29.3. The molecule has 4 rings (SSSR count). The molecule has 0 aliphatic heterocycles. The van der Waals surface area contributed by atoms with Crippen molar-refractivity contribution in [1.29, 1.82) is 0 Å². The number of hydrazone groups is 1. The minimum Gasteiger partial charge on any atom is -0.317 e. The van der Waals surface area contributed by atoms with E-state index in [4.69, 9.17) is 5.10 Å². The maximum atomic E-state index is 4.90. The van der Waals surface area contributed by atoms with Gasteiger partial charge in [0.2, 0.25) is 0 Å². The van der Waals surface area contributed by atoms with Crippen molar-refractivity contribution in [2.75, 3.05) is 5.01 Å². The highest BCUT2D eigenvalue weighted by atomic mass is 15.5. The third kappa shape index (κ3) is 4.17. The molecule has 0 aliphatic carbocycles. The van der Waals surface area contributed by atoms with Gasteiger partial charge in [-0.3, -0.25) is 0 Å². The summed E-state index contributed by atoms with van der Waals surface area (Å²) in [5.41, 5.74) is 9.56. The van der Waals surface area contributed by atoms with Crippen LogP contribution in [-0.4, -0.2) is 10.8 Å². The molecule has 0 N–H and O–H groups in total. The van der Waals surface area contributed by atoms with Gasteiger partial charge >= 0.3 is 0 Å². The minimum absolute atomic E-state index is 1.01. The summed E-state index contributed by atoms with van der Waals surface area (Å²) < 4.78 is 2.37. The van der Waals surface area contributed by atoms with Crippen LogP contribution in [0.1, 0.15) is 35.0 Å². The van der Waals surface area contributed by atoms with Crippen molar-refractivity contribution < 1.29 is 0 Å². The molecule has 0 fully saturated rings. The van der Waals surface area contributed by atoms with Crippen LogP contribution < -0.4 is 5.01 Å². The number of nitrogens with zero attached hydrogens (tertiary/aromatic N) is 3. The van der Waals surface area contributed by atoms with Gasteiger partial charge in [0.1, 0.15) is 0 Å². The number of aromatic nitrogens is 1. The molecule has 0 radical (unpaired) electrons. The van der Waals surface area contributed by atoms with E-state index in [1.165, 1.54) is 28.2 Å². The Morgan fingerprint density at radius 3 is 2.00 bits per heavy atom. The SMILES string of the molecule is CCc1cccc(C)c1-n1c(C)cc(/C=N\N(c2ccccc2)c2ccccc2)c1C. The third-order valence-corrected chi connectivity index (χ3v) is 5.71. The Balaban J connectivity index is 1.77. The maximum absolute atomic E-state index is 4.90. The minimum atomic E-state index is 1.01. The number of hydrogen-bond donors (Lipinski definition) is 0. The predicted octanol–water partition coefficient (Wildman–Crippen LogP) is 7.14. The zero-order valence-electron chi connectivity index (χ0n) is 18.7. The number of aryl methyl sites for hydroxylation is 3. The van der Waals surface area contributed by atoms with E-state index in [1.54, 1.807) is 0 Å². The first-order valence-electron chi connectivity index (χ1n) is 10.8. The fourth-order valence-electron chi connectivity index (χ4n) is 4.13. The first-order chi connectivity index (χ1) is 15.1. The van der Waals surface area contributed by atoms with E-state index < -0.39 is 0 Å². The van der Waals surface area contributed by atoms with Crippen molar-refractivity contribution in [1.82, 2.24) is 4.57 Å². The van der Waals surface area contributed by atoms with Crippen LogP contribution >= 0.6 is 0 Å². The molecular formula is C28H29N3. The van der Waals surface area contributed by atoms with E-state index >= 15 is 0 Å². The zero-order chi connectivity index (χ0) is 21.8. The lowest BCUT2D eigenvalue weighted by Crippen LogP contribution is -2.09. The highest BCUT2D eigenvalue weighted by Crippen LogP contribution is 2.28. The molecule has 1 aromatic heterocycles. The Morgan fingerprint density at radius 1 is 0.806 bits per heavy atom. The molecule has 1 heterocycles. The van der Waals surface area contributed by atoms with Crippen molar-refractivity contribution in [3.05, 3.63) is 113 Å². The Labute approximate surface area is 185 Å². The molecule has 0 saturated heterocycles. The van der Waals surface area contributed by atoms with Crippen LogP contribution in [0.5, 0.6) is 0 Å². The molecular weight excluding hydrogens is 378 g/mol. The van der Waals surface area contributed by atoms with Crippen LogP contribution in [0.2, 0.25) is 0 Å². The highest BCUT2D eigenvalue weighted by Gasteiger charge is 2.15. The van der Waals surface area contributed by atoms with Crippen LogP contribution in [-0.2, 0) is 6.42 Å². The Bertz CT molecular complexity index is 1150. The topological polar surface area (TPSA) is 20.5 Å². The first-order valence-corrected chi connectivity index (χ1v) is 10.8. The van der Waals surface area contributed by atoms with Gasteiger partial charge in [0.15, 0.2) is 0 Å². The fourth-order valence-corrected chi connectivity index (χ4v) is 4.13. The first kappa shape index (κ1) is 20.7. The van der Waals surface area contributed by atoms with Gasteiger partial charge in [-0.1, -0.05) is 61.5 Å². The lowest BCUT2D eigenvalue weighted by molar-refractivity contribution is 0.925. The fraction of sp³-hybridized carbons (Fsp3) is 0.179. The average molecular weight is 408 g/mol. The second-order valence-electron chi connectivity index (χ2n) is 7.83. The third-order valence-electron chi connectivity index (χ3n) is 5.71. The van der Waals surface area contributed by atoms with Crippen LogP contribution in [0.25, 0.3) is 5.69 Å². The lowest BCUT2D eigenvalue weighted by Gasteiger charge is -2.19. The van der Waals surface area contributed by atoms with Gasteiger partial charge < -0.3 is 4.57 Å². The monoisotopic (exact) mass is 407 g/mol. The number of anilines is 2. The van der Waals surface area contributed by atoms with E-state index in [2.05, 4.69) is 80.8 Å². The summed E-state index contributed by atoms with van der Waals surface area (Å²) in [6.45, 7) is 8.75. The maximum Gasteiger partial charge on any atom is 0.0652 e. The van der Waals surface area contributed by atoms with Gasteiger partial charge in [-0.15, -0.1) is 0 Å². The van der Waals surface area contributed by atoms with Crippen molar-refractivity contribution >= 4 is 17.6 Å². The van der Waals surface area contributed by atoms with E-state index in [0.29, 0.717) is 0 Å². The van der Waals surface area contributed by atoms with E-state index in [9.17, 15) is 0 Å². The smallest absolute Gasteiger partial charge is 0.0652 e. The molecule has 3 aromatic carbocycles. The Hall–Kier alpha value is -3.59. The molecule has 31 heavy (non-hydrogen) atoms.